The van der Waals surface area contributed by atoms with E-state index >= 15 is 0 Å². The summed E-state index contributed by atoms with van der Waals surface area (Å²) in [6.07, 6.45) is -9.25. The Balaban J connectivity index is 1.98. The van der Waals surface area contributed by atoms with Crippen LogP contribution in [0.4, 0.5) is 0 Å². The van der Waals surface area contributed by atoms with E-state index in [1.54, 1.807) is 0 Å². The van der Waals surface area contributed by atoms with Gasteiger partial charge in [-0.15, -0.1) is 0 Å². The molecule has 2 heterocycles. The topological polar surface area (TPSA) is 38.8 Å². The Hall–Kier alpha value is -1.55. The Labute approximate surface area is 150 Å². The maximum absolute atomic E-state index is 13.3. The largest absolute Gasteiger partial charge is 0.493 e. The number of carbonyl (C=O) groups is 1. The smallest absolute Gasteiger partial charge is 0.174 e. The Morgan fingerprint density at radius 2 is 2.59 bits per heavy atom. The molecular weight excluding hydrogens is 278 g/mol. The molecule has 1 saturated heterocycles. The molecule has 0 amide bonds. The Morgan fingerprint density at radius 3 is 3.45 bits per heavy atom. The van der Waals surface area contributed by atoms with Crippen LogP contribution in [0.25, 0.3) is 0 Å². The third-order valence-corrected chi connectivity index (χ3v) is 4.96. The summed E-state index contributed by atoms with van der Waals surface area (Å²) in [5, 5.41) is 0. The number of rotatable bonds is 1. The fourth-order valence-electron chi connectivity index (χ4n) is 4.06. The van der Waals surface area contributed by atoms with Crippen molar-refractivity contribution in [3.63, 3.8) is 0 Å². The lowest BCUT2D eigenvalue weighted by atomic mass is 9.52. The molecule has 22 heavy (non-hydrogen) atoms. The van der Waals surface area contributed by atoms with Gasteiger partial charge in [-0.2, -0.15) is 0 Å². The van der Waals surface area contributed by atoms with E-state index in [4.69, 9.17) is 25.9 Å². The predicted octanol–water partition coefficient (Wildman–Crippen LogP) is 1.93. The molecule has 1 spiro atoms. The molecular formula is C18H21NO3. The average Bonchev–Trinajstić information content (AvgIpc) is 3.01. The third kappa shape index (κ3) is 1.27. The first-order valence-corrected chi connectivity index (χ1v) is 6.95. The number of methoxy groups -OCH3 is 1. The maximum Gasteiger partial charge on any atom is 0.174 e. The van der Waals surface area contributed by atoms with Crippen LogP contribution in [0.5, 0.6) is 11.5 Å². The van der Waals surface area contributed by atoms with Crippen molar-refractivity contribution in [1.29, 1.82) is 0 Å². The van der Waals surface area contributed by atoms with Crippen molar-refractivity contribution < 1.29 is 33.5 Å². The summed E-state index contributed by atoms with van der Waals surface area (Å²) in [6, 6.07) is -4.87. The molecule has 0 radical (unpaired) electrons. The first kappa shape index (κ1) is 5.23. The molecule has 1 unspecified atom stereocenters. The van der Waals surface area contributed by atoms with E-state index in [9.17, 15) is 7.54 Å². The summed E-state index contributed by atoms with van der Waals surface area (Å²) in [5.41, 5.74) is -2.96. The first-order chi connectivity index (χ1) is 16.1. The molecule has 1 aromatic carbocycles. The second-order valence-corrected chi connectivity index (χ2v) is 5.80. The van der Waals surface area contributed by atoms with Crippen molar-refractivity contribution in [1.82, 2.24) is 4.90 Å². The minimum absolute atomic E-state index is 0.301. The zero-order valence-electron chi connectivity index (χ0n) is 25.4. The van der Waals surface area contributed by atoms with Gasteiger partial charge in [-0.1, -0.05) is 6.04 Å². The van der Waals surface area contributed by atoms with Gasteiger partial charge in [0.15, 0.2) is 23.4 Å². The van der Waals surface area contributed by atoms with Crippen LogP contribution in [0, 0.1) is 5.89 Å². The normalized spacial score (nSPS) is 60.2. The quantitative estimate of drug-likeness (QED) is 0.794. The fourth-order valence-corrected chi connectivity index (χ4v) is 4.06. The lowest BCUT2D eigenvalue weighted by molar-refractivity contribution is -0.138. The van der Waals surface area contributed by atoms with E-state index in [1.165, 1.54) is 0 Å². The molecule has 5 rings (SSSR count). The predicted molar refractivity (Wildman–Crippen MR) is 81.6 cm³/mol. The molecule has 0 aromatic heterocycles. The minimum Gasteiger partial charge on any atom is -0.493 e. The van der Waals surface area contributed by atoms with E-state index in [2.05, 4.69) is 0 Å². The SMILES string of the molecule is [2H]c1c([2H])c2c3c(c1OC([2H])([2H])[2H])OC1C(=O)C([2H])([2H])C[C@]4([2H])[C@@]31CCN(C([2H])([2H])[2H])[C@]4([2H])C2([2H])[2H]. The highest BCUT2D eigenvalue weighted by atomic mass is 16.5. The molecule has 1 saturated carbocycles. The number of ether oxygens (including phenoxy) is 2. The number of hydrogen-bond acceptors (Lipinski definition) is 4. The van der Waals surface area contributed by atoms with E-state index in [-0.39, 0.29) is 12.0 Å². The Morgan fingerprint density at radius 1 is 1.64 bits per heavy atom. The fraction of sp³-hybridized carbons (Fsp3) is 0.611. The number of hydrogen-bond donors (Lipinski definition) is 0. The summed E-state index contributed by atoms with van der Waals surface area (Å²) in [4.78, 5) is 13.8. The molecule has 116 valence electrons. The van der Waals surface area contributed by atoms with Gasteiger partial charge in [0, 0.05) is 35.7 Å². The number of nitrogens with zero attached hydrogens (tertiary/aromatic N) is 1. The molecule has 2 fully saturated rings. The van der Waals surface area contributed by atoms with Gasteiger partial charge in [-0.05, 0) is 50.2 Å². The zero-order valence-corrected chi connectivity index (χ0v) is 11.4. The van der Waals surface area contributed by atoms with Crippen LogP contribution in [0.1, 0.15) is 49.5 Å². The van der Waals surface area contributed by atoms with Gasteiger partial charge in [0.25, 0.3) is 0 Å². The van der Waals surface area contributed by atoms with Crippen molar-refractivity contribution in [2.75, 3.05) is 20.6 Å². The van der Waals surface area contributed by atoms with Gasteiger partial charge in [0.2, 0.25) is 0 Å². The van der Waals surface area contributed by atoms with Crippen LogP contribution in [0.2, 0.25) is 0 Å². The van der Waals surface area contributed by atoms with Crippen LogP contribution >= 0.6 is 0 Å². The van der Waals surface area contributed by atoms with Crippen LogP contribution in [0.3, 0.4) is 0 Å². The van der Waals surface area contributed by atoms with Gasteiger partial charge in [0.1, 0.15) is 0 Å². The van der Waals surface area contributed by atoms with Gasteiger partial charge in [-0.3, -0.25) is 4.79 Å². The molecule has 4 atom stereocenters. The zero-order chi connectivity index (χ0) is 27.2. The van der Waals surface area contributed by atoms with Crippen LogP contribution in [0.15, 0.2) is 12.1 Å². The number of likely N-dealkylation sites (tertiary alicyclic amines) is 1. The summed E-state index contributed by atoms with van der Waals surface area (Å²) < 4.78 is 127. The molecule has 2 aliphatic carbocycles. The lowest BCUT2D eigenvalue weighted by Crippen LogP contribution is -2.65. The van der Waals surface area contributed by atoms with E-state index in [1.807, 2.05) is 0 Å². The van der Waals surface area contributed by atoms with E-state index < -0.39 is 98.1 Å². The van der Waals surface area contributed by atoms with Crippen molar-refractivity contribution >= 4 is 5.78 Å². The highest BCUT2D eigenvalue weighted by molar-refractivity contribution is 5.89. The number of carbonyl (C=O) groups excluding carboxylic acids is 1. The van der Waals surface area contributed by atoms with Crippen molar-refractivity contribution in [3.8, 4) is 11.5 Å². The Bertz CT molecular complexity index is 1210. The molecule has 2 bridgehead atoms. The molecule has 1 aromatic rings. The highest BCUT2D eigenvalue weighted by Gasteiger charge is 2.65. The second kappa shape index (κ2) is 4.05. The van der Waals surface area contributed by atoms with Crippen LogP contribution in [-0.4, -0.2) is 43.4 Å². The average molecular weight is 313 g/mol. The number of Topliss-reactive ketones (excluding diaryl/α,β-unsaturated/α-hetero) is 1. The molecule has 4 nitrogen and oxygen atoms in total. The summed E-state index contributed by atoms with van der Waals surface area (Å²) >= 11 is 0. The maximum atomic E-state index is 13.3. The standard InChI is InChI=1S/C18H21NO3/c1-19-8-7-18-11-4-5-13(20)17(18)22-16-14(21-2)6-3-10(15(16)18)9-12(11)19/h3,6,11-12,17H,4-5,7-9H2,1-2H3/t11-,12+,17?,18-/m0/s1/i1D3,2D3,3D,5D2,6D,9D2,11D,12D. The van der Waals surface area contributed by atoms with Crippen LogP contribution in [-0.2, 0) is 16.6 Å². The van der Waals surface area contributed by atoms with Crippen molar-refractivity contribution in [2.24, 2.45) is 5.89 Å². The summed E-state index contributed by atoms with van der Waals surface area (Å²) in [7, 11) is -3.14. The van der Waals surface area contributed by atoms with Gasteiger partial charge >= 0.3 is 0 Å². The van der Waals surface area contributed by atoms with Gasteiger partial charge < -0.3 is 14.4 Å². The lowest BCUT2D eigenvalue weighted by Gasteiger charge is -2.57. The molecule has 4 heteroatoms. The van der Waals surface area contributed by atoms with Gasteiger partial charge in [0.05, 0.1) is 13.9 Å². The van der Waals surface area contributed by atoms with E-state index in [0.29, 0.717) is 4.90 Å². The number of ketones is 1. The van der Waals surface area contributed by atoms with Crippen molar-refractivity contribution in [2.45, 2.75) is 43.1 Å². The highest BCUT2D eigenvalue weighted by Crippen LogP contribution is 2.62. The monoisotopic (exact) mass is 313 g/mol. The minimum atomic E-state index is -3.17. The summed E-state index contributed by atoms with van der Waals surface area (Å²) in [6.45, 7) is -3.61. The number of piperidine rings is 1. The summed E-state index contributed by atoms with van der Waals surface area (Å²) in [5.74, 6) is -5.14. The second-order valence-electron chi connectivity index (χ2n) is 5.80. The molecule has 0 N–H and O–H groups in total. The number of likely N-dealkylation sites (N-methyl/N-ethyl adjacent to an activating group) is 1. The molecule has 2 aliphatic heterocycles. The molecule has 4 aliphatic rings. The van der Waals surface area contributed by atoms with Gasteiger partial charge in [-0.25, -0.2) is 0 Å². The third-order valence-electron chi connectivity index (χ3n) is 4.96. The first-order valence-electron chi connectivity index (χ1n) is 14.0. The number of benzene rings is 1. The van der Waals surface area contributed by atoms with Crippen molar-refractivity contribution in [3.05, 3.63) is 23.2 Å². The van der Waals surface area contributed by atoms with E-state index in [0.717, 1.165) is 0 Å². The Kier molecular flexibility index (Phi) is 0.962. The van der Waals surface area contributed by atoms with Crippen LogP contribution < -0.4 is 9.47 Å².